The van der Waals surface area contributed by atoms with Gasteiger partial charge in [-0.2, -0.15) is 10.1 Å². The third kappa shape index (κ3) is 3.88. The maximum atomic E-state index is 4.60. The Labute approximate surface area is 171 Å². The van der Waals surface area contributed by atoms with Crippen molar-refractivity contribution in [1.29, 1.82) is 0 Å². The van der Waals surface area contributed by atoms with Crippen molar-refractivity contribution in [2.75, 3.05) is 31.1 Å². The van der Waals surface area contributed by atoms with Gasteiger partial charge in [-0.25, -0.2) is 4.98 Å². The van der Waals surface area contributed by atoms with Crippen molar-refractivity contribution in [3.8, 4) is 0 Å². The molecule has 5 rings (SSSR count). The topological polar surface area (TPSA) is 60.9 Å². The number of piperazine rings is 1. The highest BCUT2D eigenvalue weighted by Crippen LogP contribution is 2.25. The van der Waals surface area contributed by atoms with Crippen LogP contribution in [0.1, 0.15) is 17.5 Å². The number of halogens is 2. The third-order valence-corrected chi connectivity index (χ3v) is 5.61. The third-order valence-electron chi connectivity index (χ3n) is 5.61. The first-order valence-corrected chi connectivity index (χ1v) is 9.09. The van der Waals surface area contributed by atoms with Gasteiger partial charge in [0, 0.05) is 38.4 Å². The van der Waals surface area contributed by atoms with Gasteiger partial charge in [-0.3, -0.25) is 10.00 Å². The van der Waals surface area contributed by atoms with E-state index in [0.717, 1.165) is 43.2 Å². The zero-order chi connectivity index (χ0) is 16.6. The molecule has 0 amide bonds. The van der Waals surface area contributed by atoms with Crippen LogP contribution >= 0.6 is 24.8 Å². The molecule has 1 aromatic carbocycles. The van der Waals surface area contributed by atoms with Crippen LogP contribution in [-0.4, -0.2) is 57.3 Å². The minimum absolute atomic E-state index is 0. The highest BCUT2D eigenvalue weighted by Gasteiger charge is 2.27. The van der Waals surface area contributed by atoms with Crippen molar-refractivity contribution in [2.24, 2.45) is 0 Å². The van der Waals surface area contributed by atoms with Gasteiger partial charge < -0.3 is 4.90 Å². The number of hydrogen-bond donors (Lipinski definition) is 1. The molecule has 6 nitrogen and oxygen atoms in total. The smallest absolute Gasteiger partial charge is 0.227 e. The standard InChI is InChI=1S/C19H22N6.2ClH/c1-2-4-15-11-17(6-5-14(15)3-1)24-7-9-25(10-8-24)19-20-12-16-13-21-23-18(16)22-19;;/h1-4,12-13,17H,5-11H2,(H,20,21,22,23);2*1H. The first-order chi connectivity index (χ1) is 12.4. The minimum atomic E-state index is 0. The highest BCUT2D eigenvalue weighted by molar-refractivity contribution is 5.85. The lowest BCUT2D eigenvalue weighted by molar-refractivity contribution is 0.169. The summed E-state index contributed by atoms with van der Waals surface area (Å²) in [5, 5.41) is 7.92. The predicted octanol–water partition coefficient (Wildman–Crippen LogP) is 2.88. The summed E-state index contributed by atoms with van der Waals surface area (Å²) in [6.07, 6.45) is 7.28. The molecule has 1 saturated heterocycles. The molecular weight excluding hydrogens is 383 g/mol. The molecule has 3 heterocycles. The molecule has 1 unspecified atom stereocenters. The van der Waals surface area contributed by atoms with E-state index >= 15 is 0 Å². The van der Waals surface area contributed by atoms with Gasteiger partial charge in [0.05, 0.1) is 11.6 Å². The Kier molecular flexibility index (Phi) is 6.19. The number of nitrogens with one attached hydrogen (secondary N) is 1. The molecule has 0 saturated carbocycles. The summed E-state index contributed by atoms with van der Waals surface area (Å²) in [5.41, 5.74) is 3.89. The van der Waals surface area contributed by atoms with Gasteiger partial charge in [-0.15, -0.1) is 24.8 Å². The van der Waals surface area contributed by atoms with Crippen molar-refractivity contribution in [3.63, 3.8) is 0 Å². The number of nitrogens with zero attached hydrogens (tertiary/aromatic N) is 5. The van der Waals surface area contributed by atoms with Crippen molar-refractivity contribution < 1.29 is 0 Å². The van der Waals surface area contributed by atoms with Crippen molar-refractivity contribution in [2.45, 2.75) is 25.3 Å². The van der Waals surface area contributed by atoms with E-state index in [0.29, 0.717) is 6.04 Å². The lowest BCUT2D eigenvalue weighted by atomic mass is 9.87. The molecule has 144 valence electrons. The summed E-state index contributed by atoms with van der Waals surface area (Å²) in [4.78, 5) is 14.1. The summed E-state index contributed by atoms with van der Waals surface area (Å²) < 4.78 is 0. The summed E-state index contributed by atoms with van der Waals surface area (Å²) in [6, 6.07) is 9.58. The van der Waals surface area contributed by atoms with E-state index < -0.39 is 0 Å². The van der Waals surface area contributed by atoms with Crippen LogP contribution in [0, 0.1) is 0 Å². The maximum absolute atomic E-state index is 4.60. The number of fused-ring (bicyclic) bond motifs is 2. The SMILES string of the molecule is Cl.Cl.c1ccc2c(c1)CCC(N1CCN(c3ncc4cn[nH]c4n3)CC1)C2. The summed E-state index contributed by atoms with van der Waals surface area (Å²) in [7, 11) is 0. The fourth-order valence-corrected chi connectivity index (χ4v) is 4.16. The summed E-state index contributed by atoms with van der Waals surface area (Å²) in [5.74, 6) is 0.811. The quantitative estimate of drug-likeness (QED) is 0.708. The second-order valence-electron chi connectivity index (χ2n) is 7.03. The molecule has 1 fully saturated rings. The van der Waals surface area contributed by atoms with E-state index in [9.17, 15) is 0 Å². The normalized spacial score (nSPS) is 19.9. The van der Waals surface area contributed by atoms with E-state index in [-0.39, 0.29) is 24.8 Å². The monoisotopic (exact) mass is 406 g/mol. The summed E-state index contributed by atoms with van der Waals surface area (Å²) in [6.45, 7) is 4.13. The van der Waals surface area contributed by atoms with Crippen LogP contribution in [-0.2, 0) is 12.8 Å². The number of aromatic nitrogens is 4. The van der Waals surface area contributed by atoms with Crippen LogP contribution < -0.4 is 4.90 Å². The molecule has 0 spiro atoms. The molecular formula is C19H24Cl2N6. The Hall–Kier alpha value is -1.89. The Morgan fingerprint density at radius 1 is 0.963 bits per heavy atom. The first kappa shape index (κ1) is 19.9. The number of aromatic amines is 1. The zero-order valence-electron chi connectivity index (χ0n) is 15.0. The lowest BCUT2D eigenvalue weighted by Crippen LogP contribution is -2.52. The number of anilines is 1. The second kappa shape index (κ2) is 8.42. The Bertz CT molecular complexity index is 891. The first-order valence-electron chi connectivity index (χ1n) is 9.09. The molecule has 0 bridgehead atoms. The molecule has 2 aromatic heterocycles. The van der Waals surface area contributed by atoms with E-state index in [4.69, 9.17) is 0 Å². The molecule has 1 aliphatic heterocycles. The van der Waals surface area contributed by atoms with Crippen molar-refractivity contribution in [3.05, 3.63) is 47.8 Å². The van der Waals surface area contributed by atoms with Gasteiger partial charge in [0.15, 0.2) is 5.65 Å². The fraction of sp³-hybridized carbons (Fsp3) is 0.421. The van der Waals surface area contributed by atoms with Crippen LogP contribution in [0.2, 0.25) is 0 Å². The van der Waals surface area contributed by atoms with Crippen LogP contribution in [0.15, 0.2) is 36.7 Å². The number of hydrogen-bond acceptors (Lipinski definition) is 5. The largest absolute Gasteiger partial charge is 0.338 e. The van der Waals surface area contributed by atoms with Gasteiger partial charge in [-0.1, -0.05) is 24.3 Å². The van der Waals surface area contributed by atoms with E-state index in [1.54, 1.807) is 11.8 Å². The van der Waals surface area contributed by atoms with Gasteiger partial charge in [-0.05, 0) is 30.4 Å². The second-order valence-corrected chi connectivity index (χ2v) is 7.03. The highest BCUT2D eigenvalue weighted by atomic mass is 35.5. The zero-order valence-corrected chi connectivity index (χ0v) is 16.7. The van der Waals surface area contributed by atoms with Gasteiger partial charge in [0.1, 0.15) is 0 Å². The van der Waals surface area contributed by atoms with Gasteiger partial charge in [0.25, 0.3) is 0 Å². The van der Waals surface area contributed by atoms with Crippen molar-refractivity contribution in [1.82, 2.24) is 25.1 Å². The molecule has 3 aromatic rings. The van der Waals surface area contributed by atoms with E-state index in [1.807, 2.05) is 6.20 Å². The number of rotatable bonds is 2. The minimum Gasteiger partial charge on any atom is -0.338 e. The molecule has 1 aliphatic carbocycles. The van der Waals surface area contributed by atoms with Crippen LogP contribution in [0.4, 0.5) is 5.95 Å². The van der Waals surface area contributed by atoms with E-state index in [1.165, 1.54) is 24.8 Å². The summed E-state index contributed by atoms with van der Waals surface area (Å²) >= 11 is 0. The van der Waals surface area contributed by atoms with Crippen LogP contribution in [0.5, 0.6) is 0 Å². The van der Waals surface area contributed by atoms with Gasteiger partial charge >= 0.3 is 0 Å². The van der Waals surface area contributed by atoms with Crippen LogP contribution in [0.3, 0.4) is 0 Å². The molecule has 0 radical (unpaired) electrons. The number of aryl methyl sites for hydroxylation is 1. The molecule has 2 aliphatic rings. The lowest BCUT2D eigenvalue weighted by Gasteiger charge is -2.41. The number of H-pyrrole nitrogens is 1. The average molecular weight is 407 g/mol. The predicted molar refractivity (Wildman–Crippen MR) is 112 cm³/mol. The Balaban J connectivity index is 0.00000105. The maximum Gasteiger partial charge on any atom is 0.227 e. The average Bonchev–Trinajstić information content (AvgIpc) is 3.15. The van der Waals surface area contributed by atoms with Crippen molar-refractivity contribution >= 4 is 41.8 Å². The number of benzene rings is 1. The van der Waals surface area contributed by atoms with Crippen LogP contribution in [0.25, 0.3) is 11.0 Å². The van der Waals surface area contributed by atoms with Gasteiger partial charge in [0.2, 0.25) is 5.95 Å². The Morgan fingerprint density at radius 3 is 2.56 bits per heavy atom. The molecule has 1 N–H and O–H groups in total. The molecule has 8 heteroatoms. The molecule has 1 atom stereocenters. The Morgan fingerprint density at radius 2 is 1.74 bits per heavy atom. The fourth-order valence-electron chi connectivity index (χ4n) is 4.16. The molecule has 27 heavy (non-hydrogen) atoms. The van der Waals surface area contributed by atoms with E-state index in [2.05, 4.69) is 54.2 Å².